The number of ether oxygens (including phenoxy) is 1. The van der Waals surface area contributed by atoms with E-state index in [9.17, 15) is 24.3 Å². The topological polar surface area (TPSA) is 145 Å². The molecule has 1 aromatic rings. The fourth-order valence-electron chi connectivity index (χ4n) is 1.84. The molecule has 0 aromatic heterocycles. The van der Waals surface area contributed by atoms with Gasteiger partial charge >= 0.3 is 11.9 Å². The molecule has 1 rings (SSSR count). The number of hydroxylamine groups is 1. The van der Waals surface area contributed by atoms with Crippen LogP contribution < -0.4 is 11.2 Å². The molecular formula is C15H18N2O7. The fourth-order valence-corrected chi connectivity index (χ4v) is 1.84. The molecule has 130 valence electrons. The van der Waals surface area contributed by atoms with Crippen molar-refractivity contribution in [1.29, 1.82) is 0 Å². The monoisotopic (exact) mass is 338 g/mol. The molecule has 9 heteroatoms. The highest BCUT2D eigenvalue weighted by Crippen LogP contribution is 2.20. The average molecular weight is 338 g/mol. The first-order chi connectivity index (χ1) is 11.2. The Morgan fingerprint density at radius 3 is 2.25 bits per heavy atom. The van der Waals surface area contributed by atoms with Gasteiger partial charge in [-0.2, -0.15) is 0 Å². The molecule has 0 spiro atoms. The maximum absolute atomic E-state index is 12.2. The average Bonchev–Trinajstić information content (AvgIpc) is 2.51. The van der Waals surface area contributed by atoms with Crippen LogP contribution in [0.5, 0.6) is 0 Å². The van der Waals surface area contributed by atoms with Crippen molar-refractivity contribution in [3.8, 4) is 0 Å². The molecule has 4 N–H and O–H groups in total. The Labute approximate surface area is 137 Å². The van der Waals surface area contributed by atoms with Gasteiger partial charge in [0.1, 0.15) is 12.4 Å². The molecule has 0 fully saturated rings. The summed E-state index contributed by atoms with van der Waals surface area (Å²) in [7, 11) is 0. The van der Waals surface area contributed by atoms with Gasteiger partial charge in [0, 0.05) is 6.92 Å². The van der Waals surface area contributed by atoms with Crippen molar-refractivity contribution in [2.24, 2.45) is 11.7 Å². The maximum Gasteiger partial charge on any atom is 0.355 e. The van der Waals surface area contributed by atoms with E-state index >= 15 is 0 Å². The van der Waals surface area contributed by atoms with Crippen LogP contribution in [-0.4, -0.2) is 34.5 Å². The van der Waals surface area contributed by atoms with Crippen LogP contribution in [0.25, 0.3) is 0 Å². The second-order valence-corrected chi connectivity index (χ2v) is 5.00. The number of hydrogen-bond donors (Lipinski definition) is 3. The van der Waals surface area contributed by atoms with E-state index in [-0.39, 0.29) is 6.61 Å². The molecule has 1 aromatic carbocycles. The number of hydrogen-bond acceptors (Lipinski definition) is 7. The highest BCUT2D eigenvalue weighted by Gasteiger charge is 2.53. The molecule has 2 unspecified atom stereocenters. The summed E-state index contributed by atoms with van der Waals surface area (Å²) in [4.78, 5) is 50.8. The zero-order valence-electron chi connectivity index (χ0n) is 13.1. The lowest BCUT2D eigenvalue weighted by atomic mass is 9.92. The third kappa shape index (κ3) is 4.86. The summed E-state index contributed by atoms with van der Waals surface area (Å²) in [6, 6.07) is 8.56. The third-order valence-electron chi connectivity index (χ3n) is 2.99. The van der Waals surface area contributed by atoms with Gasteiger partial charge in [0.05, 0.1) is 0 Å². The van der Waals surface area contributed by atoms with Crippen molar-refractivity contribution in [1.82, 2.24) is 5.48 Å². The number of carbonyl (C=O) groups excluding carboxylic acids is 3. The summed E-state index contributed by atoms with van der Waals surface area (Å²) in [6.45, 7) is 1.83. The molecule has 0 saturated carbocycles. The SMILES string of the molecule is CC(=O)NOC(N)(C(=O)O)C(C(C)=O)C(=O)OCc1ccccc1. The van der Waals surface area contributed by atoms with Crippen molar-refractivity contribution in [2.75, 3.05) is 0 Å². The number of Topliss-reactive ketones (excluding diaryl/α,β-unsaturated/α-hetero) is 1. The van der Waals surface area contributed by atoms with Gasteiger partial charge in [-0.05, 0) is 12.5 Å². The zero-order valence-corrected chi connectivity index (χ0v) is 13.1. The minimum absolute atomic E-state index is 0.181. The third-order valence-corrected chi connectivity index (χ3v) is 2.99. The van der Waals surface area contributed by atoms with Gasteiger partial charge in [-0.25, -0.2) is 15.1 Å². The van der Waals surface area contributed by atoms with Gasteiger partial charge in [0.15, 0.2) is 5.92 Å². The van der Waals surface area contributed by atoms with Crippen LogP contribution in [0.1, 0.15) is 19.4 Å². The Morgan fingerprint density at radius 1 is 1.21 bits per heavy atom. The summed E-state index contributed by atoms with van der Waals surface area (Å²) in [6.07, 6.45) is 0. The van der Waals surface area contributed by atoms with Gasteiger partial charge in [-0.1, -0.05) is 30.3 Å². The predicted molar refractivity (Wildman–Crippen MR) is 79.9 cm³/mol. The molecule has 0 aliphatic rings. The first kappa shape index (κ1) is 19.3. The van der Waals surface area contributed by atoms with Gasteiger partial charge in [0.2, 0.25) is 5.91 Å². The Hall–Kier alpha value is -2.78. The number of benzene rings is 1. The molecule has 0 bridgehead atoms. The highest BCUT2D eigenvalue weighted by atomic mass is 16.7. The van der Waals surface area contributed by atoms with E-state index in [0.29, 0.717) is 5.56 Å². The van der Waals surface area contributed by atoms with E-state index < -0.39 is 35.3 Å². The van der Waals surface area contributed by atoms with E-state index in [4.69, 9.17) is 10.5 Å². The van der Waals surface area contributed by atoms with Crippen molar-refractivity contribution >= 4 is 23.6 Å². The Kier molecular flexibility index (Phi) is 6.57. The molecule has 2 atom stereocenters. The van der Waals surface area contributed by atoms with Gasteiger partial charge in [-0.3, -0.25) is 20.1 Å². The number of ketones is 1. The number of carboxylic acid groups (broad SMARTS) is 1. The fraction of sp³-hybridized carbons (Fsp3) is 0.333. The zero-order chi connectivity index (χ0) is 18.3. The lowest BCUT2D eigenvalue weighted by molar-refractivity contribution is -0.199. The molecule has 1 amide bonds. The van der Waals surface area contributed by atoms with Crippen LogP contribution in [0.4, 0.5) is 0 Å². The van der Waals surface area contributed by atoms with Crippen molar-refractivity contribution in [3.63, 3.8) is 0 Å². The molecular weight excluding hydrogens is 320 g/mol. The highest BCUT2D eigenvalue weighted by molar-refractivity contribution is 6.03. The smallest absolute Gasteiger partial charge is 0.355 e. The van der Waals surface area contributed by atoms with Crippen molar-refractivity contribution in [2.45, 2.75) is 26.2 Å². The van der Waals surface area contributed by atoms with Crippen molar-refractivity contribution in [3.05, 3.63) is 35.9 Å². The van der Waals surface area contributed by atoms with Gasteiger partial charge in [0.25, 0.3) is 5.72 Å². The number of carbonyl (C=O) groups is 4. The molecule has 0 saturated heterocycles. The second-order valence-electron chi connectivity index (χ2n) is 5.00. The Morgan fingerprint density at radius 2 is 1.79 bits per heavy atom. The number of nitrogens with two attached hydrogens (primary N) is 1. The summed E-state index contributed by atoms with van der Waals surface area (Å²) >= 11 is 0. The van der Waals surface area contributed by atoms with Gasteiger partial charge in [-0.15, -0.1) is 0 Å². The van der Waals surface area contributed by atoms with Crippen LogP contribution in [0.2, 0.25) is 0 Å². The molecule has 0 aliphatic heterocycles. The lowest BCUT2D eigenvalue weighted by Crippen LogP contribution is -2.63. The molecule has 9 nitrogen and oxygen atoms in total. The van der Waals surface area contributed by atoms with Crippen LogP contribution in [-0.2, 0) is 35.4 Å². The number of nitrogens with one attached hydrogen (secondary N) is 1. The molecule has 0 radical (unpaired) electrons. The lowest BCUT2D eigenvalue weighted by Gasteiger charge is -2.29. The van der Waals surface area contributed by atoms with Gasteiger partial charge < -0.3 is 9.84 Å². The predicted octanol–water partition coefficient (Wildman–Crippen LogP) is -0.258. The van der Waals surface area contributed by atoms with Crippen LogP contribution in [0, 0.1) is 5.92 Å². The van der Waals surface area contributed by atoms with E-state index in [1.54, 1.807) is 35.8 Å². The van der Waals surface area contributed by atoms with E-state index in [1.165, 1.54) is 0 Å². The maximum atomic E-state index is 12.2. The minimum atomic E-state index is -2.80. The second kappa shape index (κ2) is 8.18. The summed E-state index contributed by atoms with van der Waals surface area (Å²) in [5.74, 6) is -6.60. The van der Waals surface area contributed by atoms with Crippen molar-refractivity contribution < 1.29 is 33.9 Å². The number of amides is 1. The summed E-state index contributed by atoms with van der Waals surface area (Å²) in [5.41, 5.74) is 5.11. The van der Waals surface area contributed by atoms with Crippen LogP contribution in [0.15, 0.2) is 30.3 Å². The largest absolute Gasteiger partial charge is 0.478 e. The van der Waals surface area contributed by atoms with E-state index in [2.05, 4.69) is 4.84 Å². The first-order valence-corrected chi connectivity index (χ1v) is 6.86. The van der Waals surface area contributed by atoms with E-state index in [0.717, 1.165) is 13.8 Å². The first-order valence-electron chi connectivity index (χ1n) is 6.86. The van der Waals surface area contributed by atoms with Crippen LogP contribution >= 0.6 is 0 Å². The number of aliphatic carboxylic acids is 1. The van der Waals surface area contributed by atoms with E-state index in [1.807, 2.05) is 0 Å². The molecule has 0 heterocycles. The normalized spacial score (nSPS) is 14.1. The quantitative estimate of drug-likeness (QED) is 0.254. The summed E-state index contributed by atoms with van der Waals surface area (Å²) in [5, 5.41) is 9.24. The standard InChI is InChI=1S/C15H18N2O7/c1-9(18)12(15(16,14(21)22)24-17-10(2)19)13(20)23-8-11-6-4-3-5-7-11/h3-7,12H,8,16H2,1-2H3,(H,17,19)(H,21,22). The molecule has 24 heavy (non-hydrogen) atoms. The Bertz CT molecular complexity index is 632. The molecule has 0 aliphatic carbocycles. The van der Waals surface area contributed by atoms with Crippen LogP contribution in [0.3, 0.4) is 0 Å². The Balaban J connectivity index is 2.96. The number of esters is 1. The number of rotatable bonds is 8. The number of carboxylic acids is 1. The summed E-state index contributed by atoms with van der Waals surface area (Å²) < 4.78 is 4.96. The minimum Gasteiger partial charge on any atom is -0.478 e.